The van der Waals surface area contributed by atoms with E-state index in [4.69, 9.17) is 19.2 Å². The number of nitrogens with zero attached hydrogens (tertiary/aromatic N) is 2. The number of pyridine rings is 1. The number of aromatic nitrogens is 1. The molecule has 2 N–H and O–H groups in total. The number of aliphatic imine (C=N–C) groups is 1. The van der Waals surface area contributed by atoms with E-state index in [-0.39, 0.29) is 18.0 Å². The Balaban J connectivity index is 1.73. The molecule has 0 atom stereocenters. The van der Waals surface area contributed by atoms with E-state index in [2.05, 4.69) is 33.0 Å². The number of rotatable bonds is 7. The second kappa shape index (κ2) is 10.9. The summed E-state index contributed by atoms with van der Waals surface area (Å²) in [4.78, 5) is 32.7. The molecule has 5 rings (SSSR count). The highest BCUT2D eigenvalue weighted by Gasteiger charge is 2.42. The van der Waals surface area contributed by atoms with Gasteiger partial charge in [-0.15, -0.1) is 11.3 Å². The summed E-state index contributed by atoms with van der Waals surface area (Å²) in [5.74, 6) is 0.175. The summed E-state index contributed by atoms with van der Waals surface area (Å²) in [6.45, 7) is 10.4. The molecule has 3 heterocycles. The van der Waals surface area contributed by atoms with E-state index in [1.807, 2.05) is 0 Å². The molecule has 0 saturated heterocycles. The van der Waals surface area contributed by atoms with Crippen LogP contribution in [0.25, 0.3) is 16.5 Å². The Morgan fingerprint density at radius 2 is 1.79 bits per heavy atom. The number of carbonyl (C=O) groups excluding carboxylic acids is 1. The summed E-state index contributed by atoms with van der Waals surface area (Å²) in [6, 6.07) is 12.0. The molecule has 0 radical (unpaired) electrons. The van der Waals surface area contributed by atoms with Crippen molar-refractivity contribution < 1.29 is 24.1 Å². The predicted octanol–water partition coefficient (Wildman–Crippen LogP) is 5.86. The Hall–Kier alpha value is -4.15. The minimum atomic E-state index is -0.431. The zero-order chi connectivity index (χ0) is 30.4. The zero-order valence-corrected chi connectivity index (χ0v) is 25.6. The lowest BCUT2D eigenvalue weighted by atomic mass is 9.81. The van der Waals surface area contributed by atoms with Gasteiger partial charge in [0.05, 0.1) is 37.6 Å². The Kier molecular flexibility index (Phi) is 7.63. The molecule has 4 aromatic rings. The standard InChI is InChI=1S/C32H35N3O6S/c1-8-41-30(38)25-21-16-31(2,3)34-32(4,5)26(21)42-27(25)33-17-22-19-11-9-10-12-20(19)28(36)35(29(22)37)18-13-14-23(39-6)24(15-18)40-7/h9-15,17,34,37H,8,16H2,1-7H3/b33-17+. The normalized spacial score (nSPS) is 15.5. The molecule has 1 aliphatic rings. The number of hydrogen-bond acceptors (Lipinski definition) is 9. The van der Waals surface area contributed by atoms with E-state index in [1.165, 1.54) is 36.3 Å². The maximum absolute atomic E-state index is 13.6. The van der Waals surface area contributed by atoms with Crippen LogP contribution in [0.3, 0.4) is 0 Å². The highest BCUT2D eigenvalue weighted by atomic mass is 32.1. The number of hydrogen-bond donors (Lipinski definition) is 2. The number of nitrogens with one attached hydrogen (secondary N) is 1. The van der Waals surface area contributed by atoms with Gasteiger partial charge in [0.25, 0.3) is 5.56 Å². The first kappa shape index (κ1) is 29.3. The first-order valence-electron chi connectivity index (χ1n) is 13.7. The summed E-state index contributed by atoms with van der Waals surface area (Å²) >= 11 is 1.43. The fourth-order valence-electron chi connectivity index (χ4n) is 5.83. The molecule has 0 unspecified atom stereocenters. The second-order valence-electron chi connectivity index (χ2n) is 11.3. The van der Waals surface area contributed by atoms with E-state index >= 15 is 0 Å². The first-order valence-corrected chi connectivity index (χ1v) is 14.5. The highest BCUT2D eigenvalue weighted by Crippen LogP contribution is 2.46. The van der Waals surface area contributed by atoms with E-state index in [0.29, 0.717) is 50.5 Å². The quantitative estimate of drug-likeness (QED) is 0.205. The van der Waals surface area contributed by atoms with Crippen molar-refractivity contribution in [3.63, 3.8) is 0 Å². The van der Waals surface area contributed by atoms with Gasteiger partial charge >= 0.3 is 5.97 Å². The summed E-state index contributed by atoms with van der Waals surface area (Å²) < 4.78 is 17.5. The Morgan fingerprint density at radius 3 is 2.45 bits per heavy atom. The monoisotopic (exact) mass is 589 g/mol. The molecular formula is C32H35N3O6S. The van der Waals surface area contributed by atoms with Crippen molar-refractivity contribution in [2.45, 2.75) is 52.1 Å². The summed E-state index contributed by atoms with van der Waals surface area (Å²) in [5.41, 5.74) is 1.04. The van der Waals surface area contributed by atoms with Gasteiger partial charge in [0.1, 0.15) is 5.00 Å². The van der Waals surface area contributed by atoms with Crippen LogP contribution in [0.4, 0.5) is 5.00 Å². The molecule has 0 saturated carbocycles. The van der Waals surface area contributed by atoms with Gasteiger partial charge in [-0.05, 0) is 64.8 Å². The Bertz CT molecular complexity index is 1780. The largest absolute Gasteiger partial charge is 0.494 e. The zero-order valence-electron chi connectivity index (χ0n) is 24.8. The van der Waals surface area contributed by atoms with E-state index in [0.717, 1.165) is 10.4 Å². The smallest absolute Gasteiger partial charge is 0.341 e. The molecule has 10 heteroatoms. The lowest BCUT2D eigenvalue weighted by molar-refractivity contribution is 0.0525. The number of thiophene rings is 1. The lowest BCUT2D eigenvalue weighted by Crippen LogP contribution is -2.55. The number of esters is 1. The van der Waals surface area contributed by atoms with Crippen LogP contribution in [0.15, 0.2) is 52.3 Å². The van der Waals surface area contributed by atoms with Crippen molar-refractivity contribution in [3.05, 3.63) is 74.4 Å². The third kappa shape index (κ3) is 5.05. The number of aromatic hydroxyl groups is 1. The van der Waals surface area contributed by atoms with E-state index < -0.39 is 17.1 Å². The van der Waals surface area contributed by atoms with Crippen molar-refractivity contribution >= 4 is 39.3 Å². The van der Waals surface area contributed by atoms with Crippen LogP contribution in [-0.2, 0) is 16.7 Å². The van der Waals surface area contributed by atoms with Gasteiger partial charge in [0, 0.05) is 39.0 Å². The number of ether oxygens (including phenoxy) is 3. The van der Waals surface area contributed by atoms with Crippen molar-refractivity contribution in [1.82, 2.24) is 9.88 Å². The van der Waals surface area contributed by atoms with Crippen molar-refractivity contribution in [1.29, 1.82) is 0 Å². The first-order chi connectivity index (χ1) is 19.9. The molecule has 42 heavy (non-hydrogen) atoms. The molecule has 0 spiro atoms. The molecular weight excluding hydrogens is 554 g/mol. The molecule has 0 fully saturated rings. The van der Waals surface area contributed by atoms with E-state index in [1.54, 1.807) is 49.4 Å². The molecule has 0 aliphatic carbocycles. The highest BCUT2D eigenvalue weighted by molar-refractivity contribution is 7.16. The van der Waals surface area contributed by atoms with Crippen molar-refractivity contribution in [2.75, 3.05) is 20.8 Å². The number of methoxy groups -OCH3 is 2. The fourth-order valence-corrected chi connectivity index (χ4v) is 7.05. The molecule has 2 aromatic carbocycles. The van der Waals surface area contributed by atoms with Gasteiger partial charge in [-0.3, -0.25) is 4.79 Å². The number of carbonyl (C=O) groups is 1. The third-order valence-electron chi connectivity index (χ3n) is 7.34. The maximum atomic E-state index is 13.6. The van der Waals surface area contributed by atoms with Crippen LogP contribution in [0, 0.1) is 0 Å². The molecule has 1 aliphatic heterocycles. The SMILES string of the molecule is CCOC(=O)c1c(/N=C/c2c(O)n(-c3ccc(OC)c(OC)c3)c(=O)c3ccccc23)sc2c1CC(C)(C)NC2(C)C. The predicted molar refractivity (Wildman–Crippen MR) is 166 cm³/mol. The second-order valence-corrected chi connectivity index (χ2v) is 12.3. The minimum Gasteiger partial charge on any atom is -0.494 e. The Morgan fingerprint density at radius 1 is 1.10 bits per heavy atom. The fraction of sp³-hybridized carbons (Fsp3) is 0.344. The van der Waals surface area contributed by atoms with E-state index in [9.17, 15) is 14.7 Å². The van der Waals surface area contributed by atoms with Gasteiger partial charge in [-0.1, -0.05) is 18.2 Å². The Labute approximate surface area is 248 Å². The van der Waals surface area contributed by atoms with Gasteiger partial charge in [0.2, 0.25) is 5.88 Å². The average Bonchev–Trinajstić information content (AvgIpc) is 3.30. The van der Waals surface area contributed by atoms with Crippen molar-refractivity contribution in [2.24, 2.45) is 4.99 Å². The molecule has 9 nitrogen and oxygen atoms in total. The topological polar surface area (TPSA) is 111 Å². The molecule has 0 bridgehead atoms. The summed E-state index contributed by atoms with van der Waals surface area (Å²) in [5, 5.41) is 16.6. The average molecular weight is 590 g/mol. The number of benzene rings is 2. The van der Waals surface area contributed by atoms with Crippen LogP contribution in [-0.4, -0.2) is 48.2 Å². The van der Waals surface area contributed by atoms with Crippen LogP contribution in [0.2, 0.25) is 0 Å². The van der Waals surface area contributed by atoms with Crippen LogP contribution >= 0.6 is 11.3 Å². The molecule has 2 aromatic heterocycles. The third-order valence-corrected chi connectivity index (χ3v) is 8.81. The van der Waals surface area contributed by atoms with Crippen LogP contribution in [0.1, 0.15) is 61.0 Å². The lowest BCUT2D eigenvalue weighted by Gasteiger charge is -2.42. The van der Waals surface area contributed by atoms with Gasteiger partial charge < -0.3 is 24.6 Å². The summed E-state index contributed by atoms with van der Waals surface area (Å²) in [6.07, 6.45) is 2.14. The molecule has 0 amide bonds. The number of fused-ring (bicyclic) bond motifs is 2. The van der Waals surface area contributed by atoms with Gasteiger partial charge in [0.15, 0.2) is 11.5 Å². The van der Waals surface area contributed by atoms with Crippen LogP contribution < -0.4 is 20.3 Å². The maximum Gasteiger partial charge on any atom is 0.341 e. The van der Waals surface area contributed by atoms with Gasteiger partial charge in [-0.25, -0.2) is 14.4 Å². The molecule has 220 valence electrons. The van der Waals surface area contributed by atoms with Crippen LogP contribution in [0.5, 0.6) is 17.4 Å². The van der Waals surface area contributed by atoms with Gasteiger partial charge in [-0.2, -0.15) is 0 Å². The minimum absolute atomic E-state index is 0.235. The summed E-state index contributed by atoms with van der Waals surface area (Å²) in [7, 11) is 3.03. The van der Waals surface area contributed by atoms with Crippen molar-refractivity contribution in [3.8, 4) is 23.1 Å².